The molecule has 1 N–H and O–H groups in total. The first-order valence-corrected chi connectivity index (χ1v) is 6.74. The molecule has 0 unspecified atom stereocenters. The maximum atomic E-state index is 12.0. The molecule has 7 nitrogen and oxygen atoms in total. The van der Waals surface area contributed by atoms with Gasteiger partial charge in [0.2, 0.25) is 0 Å². The minimum Gasteiger partial charge on any atom is -0.457 e. The first-order valence-electron chi connectivity index (χ1n) is 6.74. The van der Waals surface area contributed by atoms with Crippen molar-refractivity contribution in [2.75, 3.05) is 33.2 Å². The lowest BCUT2D eigenvalue weighted by Crippen LogP contribution is -2.43. The zero-order chi connectivity index (χ0) is 13.2. The van der Waals surface area contributed by atoms with E-state index in [1.165, 1.54) is 0 Å². The highest BCUT2D eigenvalue weighted by Crippen LogP contribution is 2.15. The molecule has 1 aromatic rings. The summed E-state index contributed by atoms with van der Waals surface area (Å²) < 4.78 is 7.21. The summed E-state index contributed by atoms with van der Waals surface area (Å²) in [5.41, 5.74) is 0.311. The minimum absolute atomic E-state index is 0.0132. The van der Waals surface area contributed by atoms with Gasteiger partial charge in [0.25, 0.3) is 0 Å². The Bertz CT molecular complexity index is 449. The van der Waals surface area contributed by atoms with Gasteiger partial charge in [0.15, 0.2) is 5.69 Å². The van der Waals surface area contributed by atoms with E-state index in [-0.39, 0.29) is 12.1 Å². The summed E-state index contributed by atoms with van der Waals surface area (Å²) in [6.07, 6.45) is 3.48. The lowest BCUT2D eigenvalue weighted by atomic mass is 10.1. The fourth-order valence-corrected chi connectivity index (χ4v) is 2.32. The third-order valence-electron chi connectivity index (χ3n) is 3.79. The molecule has 2 aliphatic heterocycles. The van der Waals surface area contributed by atoms with Crippen LogP contribution in [0.15, 0.2) is 6.20 Å². The topological polar surface area (TPSA) is 72.3 Å². The van der Waals surface area contributed by atoms with Crippen LogP contribution in [-0.4, -0.2) is 65.2 Å². The number of nitrogens with one attached hydrogen (secondary N) is 1. The SMILES string of the molecule is CN1CCC(OC(=O)c2cn(C3CNC3)nn2)CC1. The molecule has 3 rings (SSSR count). The molecule has 2 fully saturated rings. The second-order valence-corrected chi connectivity index (χ2v) is 5.30. The zero-order valence-electron chi connectivity index (χ0n) is 11.1. The Balaban J connectivity index is 1.56. The van der Waals surface area contributed by atoms with E-state index in [4.69, 9.17) is 4.74 Å². The average Bonchev–Trinajstić information content (AvgIpc) is 2.79. The number of esters is 1. The molecule has 0 amide bonds. The van der Waals surface area contributed by atoms with E-state index in [9.17, 15) is 4.79 Å². The van der Waals surface area contributed by atoms with Gasteiger partial charge in [0.05, 0.1) is 12.2 Å². The first-order chi connectivity index (χ1) is 9.22. The molecule has 104 valence electrons. The number of aromatic nitrogens is 3. The van der Waals surface area contributed by atoms with Crippen LogP contribution in [0.1, 0.15) is 29.4 Å². The molecule has 2 saturated heterocycles. The summed E-state index contributed by atoms with van der Waals surface area (Å²) in [6.45, 7) is 3.70. The highest BCUT2D eigenvalue weighted by molar-refractivity contribution is 5.86. The molecule has 0 atom stereocenters. The van der Waals surface area contributed by atoms with Gasteiger partial charge in [-0.25, -0.2) is 9.48 Å². The van der Waals surface area contributed by atoms with E-state index >= 15 is 0 Å². The summed E-state index contributed by atoms with van der Waals surface area (Å²) in [5.74, 6) is -0.354. The lowest BCUT2D eigenvalue weighted by Gasteiger charge is -2.28. The largest absolute Gasteiger partial charge is 0.457 e. The van der Waals surface area contributed by atoms with Crippen molar-refractivity contribution in [3.63, 3.8) is 0 Å². The van der Waals surface area contributed by atoms with Gasteiger partial charge in [-0.1, -0.05) is 5.21 Å². The predicted molar refractivity (Wildman–Crippen MR) is 67.9 cm³/mol. The van der Waals surface area contributed by atoms with Crippen LogP contribution in [0, 0.1) is 0 Å². The van der Waals surface area contributed by atoms with Crippen molar-refractivity contribution in [2.45, 2.75) is 25.0 Å². The number of carbonyl (C=O) groups excluding carboxylic acids is 1. The summed E-state index contributed by atoms with van der Waals surface area (Å²) in [4.78, 5) is 14.2. The molecular weight excluding hydrogens is 246 g/mol. The Labute approximate surface area is 111 Å². The van der Waals surface area contributed by atoms with E-state index < -0.39 is 0 Å². The van der Waals surface area contributed by atoms with Gasteiger partial charge in [-0.2, -0.15) is 0 Å². The van der Waals surface area contributed by atoms with Gasteiger partial charge >= 0.3 is 5.97 Å². The normalized spacial score (nSPS) is 22.2. The summed E-state index contributed by atoms with van der Waals surface area (Å²) in [7, 11) is 2.08. The van der Waals surface area contributed by atoms with Crippen molar-refractivity contribution < 1.29 is 9.53 Å². The Morgan fingerprint density at radius 3 is 2.79 bits per heavy atom. The van der Waals surface area contributed by atoms with Crippen molar-refractivity contribution in [3.05, 3.63) is 11.9 Å². The van der Waals surface area contributed by atoms with Gasteiger partial charge in [-0.3, -0.25) is 0 Å². The molecule has 0 aromatic carbocycles. The Hall–Kier alpha value is -1.47. The predicted octanol–water partition coefficient (Wildman–Crippen LogP) is -0.327. The monoisotopic (exact) mass is 265 g/mol. The number of hydrogen-bond donors (Lipinski definition) is 1. The molecule has 2 aliphatic rings. The molecule has 0 spiro atoms. The van der Waals surface area contributed by atoms with Crippen molar-refractivity contribution in [3.8, 4) is 0 Å². The average molecular weight is 265 g/mol. The van der Waals surface area contributed by atoms with Crippen LogP contribution < -0.4 is 5.32 Å². The number of likely N-dealkylation sites (tertiary alicyclic amines) is 1. The standard InChI is InChI=1S/C12H19N5O2/c1-16-4-2-10(3-5-16)19-12(18)11-8-17(15-14-11)9-6-13-7-9/h8-10,13H,2-7H2,1H3. The minimum atomic E-state index is -0.354. The van der Waals surface area contributed by atoms with Crippen molar-refractivity contribution >= 4 is 5.97 Å². The van der Waals surface area contributed by atoms with Crippen LogP contribution in [0.25, 0.3) is 0 Å². The highest BCUT2D eigenvalue weighted by atomic mass is 16.5. The Morgan fingerprint density at radius 1 is 1.42 bits per heavy atom. The highest BCUT2D eigenvalue weighted by Gasteiger charge is 2.25. The Morgan fingerprint density at radius 2 is 2.16 bits per heavy atom. The van der Waals surface area contributed by atoms with Crippen molar-refractivity contribution in [1.29, 1.82) is 0 Å². The smallest absolute Gasteiger partial charge is 0.360 e. The molecular formula is C12H19N5O2. The van der Waals surface area contributed by atoms with Crippen LogP contribution in [0.5, 0.6) is 0 Å². The van der Waals surface area contributed by atoms with E-state index in [1.807, 2.05) is 0 Å². The zero-order valence-corrected chi connectivity index (χ0v) is 11.1. The summed E-state index contributed by atoms with van der Waals surface area (Å²) in [5, 5.41) is 11.0. The number of rotatable bonds is 3. The van der Waals surface area contributed by atoms with E-state index in [1.54, 1.807) is 10.9 Å². The molecule has 0 aliphatic carbocycles. The van der Waals surface area contributed by atoms with Crippen LogP contribution >= 0.6 is 0 Å². The van der Waals surface area contributed by atoms with E-state index in [0.29, 0.717) is 11.7 Å². The summed E-state index contributed by atoms with van der Waals surface area (Å²) in [6, 6.07) is 0.317. The molecule has 1 aromatic heterocycles. The molecule has 19 heavy (non-hydrogen) atoms. The number of nitrogens with zero attached hydrogens (tertiary/aromatic N) is 4. The summed E-state index contributed by atoms with van der Waals surface area (Å²) >= 11 is 0. The lowest BCUT2D eigenvalue weighted by molar-refractivity contribution is 0.0133. The quantitative estimate of drug-likeness (QED) is 0.755. The third-order valence-corrected chi connectivity index (χ3v) is 3.79. The van der Waals surface area contributed by atoms with Crippen LogP contribution in [0.3, 0.4) is 0 Å². The maximum Gasteiger partial charge on any atom is 0.360 e. The molecule has 0 radical (unpaired) electrons. The van der Waals surface area contributed by atoms with Gasteiger partial charge in [0, 0.05) is 26.2 Å². The second-order valence-electron chi connectivity index (χ2n) is 5.30. The molecule has 0 saturated carbocycles. The second kappa shape index (κ2) is 5.26. The first kappa shape index (κ1) is 12.6. The number of carbonyl (C=O) groups is 1. The van der Waals surface area contributed by atoms with Crippen molar-refractivity contribution in [1.82, 2.24) is 25.2 Å². The number of ether oxygens (including phenoxy) is 1. The fraction of sp³-hybridized carbons (Fsp3) is 0.750. The van der Waals surface area contributed by atoms with Gasteiger partial charge < -0.3 is 15.0 Å². The van der Waals surface area contributed by atoms with Crippen LogP contribution in [0.4, 0.5) is 0 Å². The van der Waals surface area contributed by atoms with Crippen LogP contribution in [0.2, 0.25) is 0 Å². The third kappa shape index (κ3) is 2.76. The molecule has 3 heterocycles. The fourth-order valence-electron chi connectivity index (χ4n) is 2.32. The number of piperidine rings is 1. The van der Waals surface area contributed by atoms with Crippen LogP contribution in [-0.2, 0) is 4.74 Å². The number of hydrogen-bond acceptors (Lipinski definition) is 6. The van der Waals surface area contributed by atoms with E-state index in [0.717, 1.165) is 39.0 Å². The van der Waals surface area contributed by atoms with Gasteiger partial charge in [-0.05, 0) is 19.9 Å². The van der Waals surface area contributed by atoms with E-state index in [2.05, 4.69) is 27.6 Å². The molecule has 7 heteroatoms. The van der Waals surface area contributed by atoms with Gasteiger partial charge in [0.1, 0.15) is 6.10 Å². The van der Waals surface area contributed by atoms with Crippen molar-refractivity contribution in [2.24, 2.45) is 0 Å². The Kier molecular flexibility index (Phi) is 3.48. The molecule has 0 bridgehead atoms. The van der Waals surface area contributed by atoms with Gasteiger partial charge in [-0.15, -0.1) is 5.10 Å². The maximum absolute atomic E-state index is 12.0.